The van der Waals surface area contributed by atoms with E-state index in [0.717, 1.165) is 0 Å². The molecule has 0 atom stereocenters. The number of phenols is 1. The molecule has 0 amide bonds. The third kappa shape index (κ3) is 1.44. The van der Waals surface area contributed by atoms with E-state index in [2.05, 4.69) is 31.9 Å². The highest BCUT2D eigenvalue weighted by Crippen LogP contribution is 2.34. The van der Waals surface area contributed by atoms with E-state index >= 15 is 0 Å². The van der Waals surface area contributed by atoms with Gasteiger partial charge in [0, 0.05) is 6.07 Å². The molecule has 2 nitrogen and oxygen atoms in total. The normalized spacial score (nSPS) is 9.80. The van der Waals surface area contributed by atoms with Crippen LogP contribution in [0.15, 0.2) is 21.1 Å². The van der Waals surface area contributed by atoms with Crippen molar-refractivity contribution in [2.75, 3.05) is 0 Å². The molecule has 0 fully saturated rings. The molecule has 0 heterocycles. The van der Waals surface area contributed by atoms with Crippen LogP contribution in [0.25, 0.3) is 0 Å². The summed E-state index contributed by atoms with van der Waals surface area (Å²) in [6.45, 7) is 0. The number of rotatable bonds is 0. The Balaban J connectivity index is 3.28. The molecule has 3 N–H and O–H groups in total. The first-order chi connectivity index (χ1) is 4.61. The molecular formula is C6H5Br2O2+. The van der Waals surface area contributed by atoms with Crippen LogP contribution >= 0.6 is 31.9 Å². The summed E-state index contributed by atoms with van der Waals surface area (Å²) in [5, 5.41) is 16.3. The van der Waals surface area contributed by atoms with Crippen LogP contribution in [-0.4, -0.2) is 10.2 Å². The van der Waals surface area contributed by atoms with Crippen molar-refractivity contribution in [3.8, 4) is 11.5 Å². The van der Waals surface area contributed by atoms with Gasteiger partial charge in [-0.05, 0) is 31.9 Å². The highest BCUT2D eigenvalue weighted by molar-refractivity contribution is 9.11. The summed E-state index contributed by atoms with van der Waals surface area (Å²) in [5.41, 5.74) is 0. The molecule has 0 aliphatic carbocycles. The van der Waals surface area contributed by atoms with Crippen molar-refractivity contribution in [2.24, 2.45) is 0 Å². The third-order valence-corrected chi connectivity index (χ3v) is 2.33. The minimum atomic E-state index is 0.142. The van der Waals surface area contributed by atoms with Crippen molar-refractivity contribution in [1.82, 2.24) is 0 Å². The van der Waals surface area contributed by atoms with Gasteiger partial charge in [0.1, 0.15) is 10.2 Å². The first-order valence-electron chi connectivity index (χ1n) is 2.51. The number of aromatic hydroxyl groups is 1. The number of phenolic OH excluding ortho intramolecular Hbond substituents is 1. The highest BCUT2D eigenvalue weighted by atomic mass is 79.9. The van der Waals surface area contributed by atoms with E-state index < -0.39 is 0 Å². The monoisotopic (exact) mass is 267 g/mol. The summed E-state index contributed by atoms with van der Waals surface area (Å²) in [4.78, 5) is 0. The maximum atomic E-state index is 9.06. The van der Waals surface area contributed by atoms with Gasteiger partial charge in [0.15, 0.2) is 0 Å². The van der Waals surface area contributed by atoms with Gasteiger partial charge in [0.05, 0.1) is 10.5 Å². The molecule has 1 aromatic carbocycles. The first-order valence-corrected chi connectivity index (χ1v) is 4.09. The zero-order valence-electron chi connectivity index (χ0n) is 4.86. The maximum Gasteiger partial charge on any atom is 0.269 e. The van der Waals surface area contributed by atoms with Crippen LogP contribution in [0.2, 0.25) is 0 Å². The molecule has 4 heteroatoms. The minimum Gasteiger partial charge on any atom is -0.592 e. The predicted molar refractivity (Wildman–Crippen MR) is 46.6 cm³/mol. The van der Waals surface area contributed by atoms with Crippen molar-refractivity contribution in [3.05, 3.63) is 21.1 Å². The van der Waals surface area contributed by atoms with Crippen LogP contribution in [0, 0.1) is 0 Å². The van der Waals surface area contributed by atoms with Gasteiger partial charge in [0.2, 0.25) is 0 Å². The van der Waals surface area contributed by atoms with Gasteiger partial charge in [-0.2, -0.15) is 0 Å². The summed E-state index contributed by atoms with van der Waals surface area (Å²) in [5.74, 6) is 0.493. The van der Waals surface area contributed by atoms with Gasteiger partial charge in [-0.25, -0.2) is 0 Å². The van der Waals surface area contributed by atoms with Crippen molar-refractivity contribution >= 4 is 31.9 Å². The van der Waals surface area contributed by atoms with Crippen LogP contribution in [0.3, 0.4) is 0 Å². The largest absolute Gasteiger partial charge is 0.592 e. The summed E-state index contributed by atoms with van der Waals surface area (Å²) in [6, 6.07) is 3.01. The maximum absolute atomic E-state index is 9.06. The SMILES string of the molecule is Oc1cc(Br)c([OH2+])cc1Br. The Morgan fingerprint density at radius 1 is 1.20 bits per heavy atom. The number of hydrogen-bond acceptors (Lipinski definition) is 1. The molecule has 0 spiro atoms. The molecule has 0 aliphatic heterocycles. The van der Waals surface area contributed by atoms with Crippen molar-refractivity contribution in [1.29, 1.82) is 0 Å². The molecule has 1 rings (SSSR count). The summed E-state index contributed by atoms with van der Waals surface area (Å²) in [6.07, 6.45) is 0. The van der Waals surface area contributed by atoms with Gasteiger partial charge >= 0.3 is 0 Å². The van der Waals surface area contributed by atoms with E-state index in [1.54, 1.807) is 0 Å². The lowest BCUT2D eigenvalue weighted by atomic mass is 10.3. The topological polar surface area (TPSA) is 43.1 Å². The second-order valence-corrected chi connectivity index (χ2v) is 3.49. The van der Waals surface area contributed by atoms with E-state index in [1.807, 2.05) is 0 Å². The van der Waals surface area contributed by atoms with Crippen LogP contribution < -0.4 is 0 Å². The molecule has 10 heavy (non-hydrogen) atoms. The molecule has 54 valence electrons. The molecule has 0 bridgehead atoms. The van der Waals surface area contributed by atoms with Crippen LogP contribution in [0.1, 0.15) is 0 Å². The second-order valence-electron chi connectivity index (χ2n) is 1.78. The zero-order chi connectivity index (χ0) is 7.72. The molecule has 1 aromatic rings. The molecule has 0 saturated heterocycles. The lowest BCUT2D eigenvalue weighted by molar-refractivity contribution is 0.454. The molecule has 0 saturated carbocycles. The summed E-state index contributed by atoms with van der Waals surface area (Å²) in [7, 11) is 0. The Morgan fingerprint density at radius 3 is 2.30 bits per heavy atom. The van der Waals surface area contributed by atoms with Gasteiger partial charge in [-0.15, -0.1) is 0 Å². The zero-order valence-corrected chi connectivity index (χ0v) is 8.03. The minimum absolute atomic E-state index is 0.142. The summed E-state index contributed by atoms with van der Waals surface area (Å²) >= 11 is 6.20. The fourth-order valence-electron chi connectivity index (χ4n) is 0.536. The van der Waals surface area contributed by atoms with Crippen LogP contribution in [-0.2, 0) is 0 Å². The molecule has 0 radical (unpaired) electrons. The van der Waals surface area contributed by atoms with E-state index in [-0.39, 0.29) is 5.75 Å². The second kappa shape index (κ2) is 2.80. The summed E-state index contributed by atoms with van der Waals surface area (Å²) < 4.78 is 1.13. The van der Waals surface area contributed by atoms with E-state index in [0.29, 0.717) is 14.7 Å². The number of halogens is 2. The highest BCUT2D eigenvalue weighted by Gasteiger charge is 2.06. The Bertz CT molecular complexity index is 210. The third-order valence-electron chi connectivity index (χ3n) is 1.04. The Hall–Kier alpha value is -0.220. The molecule has 0 aliphatic rings. The predicted octanol–water partition coefficient (Wildman–Crippen LogP) is 2.36. The molecular weight excluding hydrogens is 264 g/mol. The lowest BCUT2D eigenvalue weighted by Crippen LogP contribution is -1.71. The number of hydrogen-bond donors (Lipinski definition) is 1. The quantitative estimate of drug-likeness (QED) is 0.722. The molecule has 0 aromatic heterocycles. The fourth-order valence-corrected chi connectivity index (χ4v) is 1.21. The van der Waals surface area contributed by atoms with Crippen LogP contribution in [0.5, 0.6) is 11.5 Å². The van der Waals surface area contributed by atoms with E-state index in [9.17, 15) is 0 Å². The van der Waals surface area contributed by atoms with Gasteiger partial charge in [-0.1, -0.05) is 0 Å². The lowest BCUT2D eigenvalue weighted by Gasteiger charge is -1.96. The smallest absolute Gasteiger partial charge is 0.269 e. The van der Waals surface area contributed by atoms with E-state index in [1.165, 1.54) is 12.1 Å². The molecule has 0 unspecified atom stereocenters. The van der Waals surface area contributed by atoms with E-state index in [4.69, 9.17) is 10.2 Å². The number of benzene rings is 1. The average molecular weight is 269 g/mol. The van der Waals surface area contributed by atoms with Gasteiger partial charge in [0.25, 0.3) is 5.75 Å². The first kappa shape index (κ1) is 7.88. The fraction of sp³-hybridized carbons (Fsp3) is 0. The standard InChI is InChI=1S/C6H4Br2O2/c7-3-1-5(9)4(8)2-6(3)10/h1-2,9-10H/p+1. The van der Waals surface area contributed by atoms with Crippen molar-refractivity contribution in [2.45, 2.75) is 0 Å². The van der Waals surface area contributed by atoms with Crippen molar-refractivity contribution in [3.63, 3.8) is 0 Å². The Morgan fingerprint density at radius 2 is 1.80 bits per heavy atom. The van der Waals surface area contributed by atoms with Gasteiger partial charge in [-0.3, -0.25) is 0 Å². The van der Waals surface area contributed by atoms with Crippen molar-refractivity contribution < 1.29 is 10.2 Å². The Labute approximate surface area is 74.8 Å². The van der Waals surface area contributed by atoms with Gasteiger partial charge < -0.3 is 10.2 Å². The Kier molecular flexibility index (Phi) is 2.21. The van der Waals surface area contributed by atoms with Crippen LogP contribution in [0.4, 0.5) is 0 Å². The average Bonchev–Trinajstić information content (AvgIpc) is 1.84.